The molecule has 0 aliphatic carbocycles. The van der Waals surface area contributed by atoms with Crippen molar-refractivity contribution < 1.29 is 52.7 Å². The molecule has 15 heteroatoms. The van der Waals surface area contributed by atoms with Crippen LogP contribution in [0.4, 0.5) is 11.4 Å². The van der Waals surface area contributed by atoms with Crippen LogP contribution < -0.4 is 14.5 Å². The van der Waals surface area contributed by atoms with Gasteiger partial charge in [-0.25, -0.2) is 9.80 Å². The van der Waals surface area contributed by atoms with Gasteiger partial charge in [-0.2, -0.15) is 0 Å². The molecule has 346 valence electrons. The number of rotatable bonds is 8. The minimum Gasteiger partial charge on any atom is -0.457 e. The van der Waals surface area contributed by atoms with E-state index in [4.69, 9.17) is 4.74 Å². The van der Waals surface area contributed by atoms with E-state index in [2.05, 4.69) is 0 Å². The minimum atomic E-state index is -0.548. The van der Waals surface area contributed by atoms with E-state index in [1.807, 2.05) is 44.2 Å². The maximum atomic E-state index is 13.3. The van der Waals surface area contributed by atoms with E-state index in [1.165, 1.54) is 86.9 Å². The Kier molecular flexibility index (Phi) is 10.8. The third-order valence-electron chi connectivity index (χ3n) is 12.6. The van der Waals surface area contributed by atoms with E-state index in [-0.39, 0.29) is 66.8 Å². The normalized spacial score (nSPS) is 14.4. The standard InChI is InChI=1S/C31H20N2O6.C25H16N2O5/c1-17-3-9-21(10-4-17)39-22-11-7-20(8-12-22)33-30(37)24-14-6-19(16-26(24)31(33)38)27(34)18-5-13-23-25(15-18)29(36)32(2)28(23)35;1-13-4-3-5-16(10-13)27-24(31)18-9-7-15(12-20(18)25(27)32)21(28)14-6-8-17-19(11-14)23(30)26(2)22(17)29/h3-16H,1-2H3;3-12H,1-2H3. The van der Waals surface area contributed by atoms with Crippen molar-refractivity contribution in [2.24, 2.45) is 0 Å². The van der Waals surface area contributed by atoms with Gasteiger partial charge in [0.25, 0.3) is 47.3 Å². The van der Waals surface area contributed by atoms with Crippen molar-refractivity contribution >= 4 is 70.2 Å². The number of carbonyl (C=O) groups excluding carboxylic acids is 10. The molecule has 0 fully saturated rings. The van der Waals surface area contributed by atoms with Crippen molar-refractivity contribution in [2.75, 3.05) is 23.9 Å². The molecule has 0 N–H and O–H groups in total. The third kappa shape index (κ3) is 7.57. The highest BCUT2D eigenvalue weighted by atomic mass is 16.5. The van der Waals surface area contributed by atoms with Gasteiger partial charge in [-0.1, -0.05) is 54.1 Å². The second kappa shape index (κ2) is 17.1. The fourth-order valence-electron chi connectivity index (χ4n) is 8.74. The zero-order chi connectivity index (χ0) is 50.2. The van der Waals surface area contributed by atoms with E-state index < -0.39 is 58.8 Å². The topological polar surface area (TPSA) is 193 Å². The number of hydrogen-bond acceptors (Lipinski definition) is 11. The molecule has 11 rings (SSSR count). The average molecular weight is 941 g/mol. The van der Waals surface area contributed by atoms with Gasteiger partial charge in [0.1, 0.15) is 11.5 Å². The summed E-state index contributed by atoms with van der Waals surface area (Å²) in [6.45, 7) is 3.85. The molecule has 71 heavy (non-hydrogen) atoms. The van der Waals surface area contributed by atoms with Crippen LogP contribution in [0, 0.1) is 13.8 Å². The van der Waals surface area contributed by atoms with Gasteiger partial charge in [0.05, 0.1) is 55.9 Å². The Hall–Kier alpha value is -9.76. The van der Waals surface area contributed by atoms with Crippen LogP contribution in [0.2, 0.25) is 0 Å². The molecule has 0 saturated heterocycles. The van der Waals surface area contributed by atoms with Crippen molar-refractivity contribution in [2.45, 2.75) is 13.8 Å². The Morgan fingerprint density at radius 1 is 0.338 bits per heavy atom. The van der Waals surface area contributed by atoms with Gasteiger partial charge in [0, 0.05) is 36.3 Å². The molecular weight excluding hydrogens is 905 g/mol. The largest absolute Gasteiger partial charge is 0.457 e. The SMILES string of the molecule is Cc1ccc(Oc2ccc(N3C(=O)c4ccc(C(=O)c5ccc6c(c5)C(=O)N(C)C6=O)cc4C3=O)cc2)cc1.Cc1cccc(N2C(=O)c3ccc(C(=O)c4ccc5c(c4)C(=O)N(C)C5=O)cc3C2=O)c1. The number of anilines is 2. The molecule has 7 aromatic carbocycles. The van der Waals surface area contributed by atoms with Crippen LogP contribution in [0.1, 0.15) is 126 Å². The molecule has 0 bridgehead atoms. The summed E-state index contributed by atoms with van der Waals surface area (Å²) < 4.78 is 5.83. The van der Waals surface area contributed by atoms with E-state index in [0.29, 0.717) is 22.9 Å². The minimum absolute atomic E-state index is 0.109. The molecule has 0 saturated carbocycles. The van der Waals surface area contributed by atoms with E-state index >= 15 is 0 Å². The van der Waals surface area contributed by atoms with Crippen molar-refractivity contribution in [1.29, 1.82) is 0 Å². The Morgan fingerprint density at radius 3 is 1.08 bits per heavy atom. The monoisotopic (exact) mass is 940 g/mol. The van der Waals surface area contributed by atoms with Gasteiger partial charge in [0.2, 0.25) is 0 Å². The molecule has 0 radical (unpaired) electrons. The molecular formula is C56H36N4O11. The highest BCUT2D eigenvalue weighted by Gasteiger charge is 2.40. The van der Waals surface area contributed by atoms with E-state index in [1.54, 1.807) is 42.5 Å². The predicted octanol–water partition coefficient (Wildman–Crippen LogP) is 8.30. The zero-order valence-corrected chi connectivity index (χ0v) is 38.1. The van der Waals surface area contributed by atoms with Gasteiger partial charge >= 0.3 is 0 Å². The second-order valence-electron chi connectivity index (χ2n) is 17.2. The Balaban J connectivity index is 0.000000167. The fourth-order valence-corrected chi connectivity index (χ4v) is 8.74. The molecule has 0 atom stereocenters. The van der Waals surface area contributed by atoms with Gasteiger partial charge < -0.3 is 4.74 Å². The summed E-state index contributed by atoms with van der Waals surface area (Å²) in [6.07, 6.45) is 0. The lowest BCUT2D eigenvalue weighted by Crippen LogP contribution is -2.29. The molecule has 0 unspecified atom stereocenters. The number of benzene rings is 7. The first-order valence-electron chi connectivity index (χ1n) is 22.0. The number of hydrogen-bond donors (Lipinski definition) is 0. The van der Waals surface area contributed by atoms with E-state index in [9.17, 15) is 47.9 Å². The Labute approximate surface area is 404 Å². The van der Waals surface area contributed by atoms with Gasteiger partial charge in [-0.15, -0.1) is 0 Å². The quantitative estimate of drug-likeness (QED) is 0.105. The number of carbonyl (C=O) groups is 10. The number of ketones is 2. The van der Waals surface area contributed by atoms with Crippen LogP contribution in [0.5, 0.6) is 11.5 Å². The molecule has 0 aromatic heterocycles. The third-order valence-corrected chi connectivity index (χ3v) is 12.6. The van der Waals surface area contributed by atoms with Crippen LogP contribution in [-0.2, 0) is 0 Å². The molecule has 4 heterocycles. The highest BCUT2D eigenvalue weighted by Crippen LogP contribution is 2.34. The van der Waals surface area contributed by atoms with Crippen LogP contribution in [-0.4, -0.2) is 82.7 Å². The number of aryl methyl sites for hydroxylation is 2. The number of amides is 8. The summed E-state index contributed by atoms with van der Waals surface area (Å²) in [6, 6.07) is 38.5. The zero-order valence-electron chi connectivity index (χ0n) is 38.1. The number of fused-ring (bicyclic) bond motifs is 4. The van der Waals surface area contributed by atoms with Gasteiger partial charge in [-0.05, 0) is 116 Å². The lowest BCUT2D eigenvalue weighted by Gasteiger charge is -2.14. The maximum Gasteiger partial charge on any atom is 0.266 e. The number of nitrogens with zero attached hydrogens (tertiary/aromatic N) is 4. The molecule has 0 spiro atoms. The van der Waals surface area contributed by atoms with Crippen molar-refractivity contribution in [3.8, 4) is 11.5 Å². The summed E-state index contributed by atoms with van der Waals surface area (Å²) in [5.74, 6) is -3.42. The fraction of sp³-hybridized carbons (Fsp3) is 0.0714. The average Bonchev–Trinajstić information content (AvgIpc) is 3.96. The smallest absolute Gasteiger partial charge is 0.266 e. The summed E-state index contributed by atoms with van der Waals surface area (Å²) in [5, 5.41) is 0. The van der Waals surface area contributed by atoms with Crippen LogP contribution >= 0.6 is 0 Å². The Morgan fingerprint density at radius 2 is 0.676 bits per heavy atom. The number of ether oxygens (including phenoxy) is 1. The molecule has 15 nitrogen and oxygen atoms in total. The van der Waals surface area contributed by atoms with Crippen LogP contribution in [0.15, 0.2) is 146 Å². The lowest BCUT2D eigenvalue weighted by atomic mass is 9.96. The van der Waals surface area contributed by atoms with Gasteiger partial charge in [0.15, 0.2) is 11.6 Å². The molecule has 4 aliphatic rings. The second-order valence-corrected chi connectivity index (χ2v) is 17.2. The van der Waals surface area contributed by atoms with Crippen LogP contribution in [0.3, 0.4) is 0 Å². The summed E-state index contributed by atoms with van der Waals surface area (Å²) >= 11 is 0. The predicted molar refractivity (Wildman–Crippen MR) is 257 cm³/mol. The van der Waals surface area contributed by atoms with Crippen LogP contribution in [0.25, 0.3) is 0 Å². The summed E-state index contributed by atoms with van der Waals surface area (Å²) in [7, 11) is 2.76. The highest BCUT2D eigenvalue weighted by molar-refractivity contribution is 6.36. The molecule has 4 aliphatic heterocycles. The number of imide groups is 4. The van der Waals surface area contributed by atoms with Crippen molar-refractivity contribution in [3.63, 3.8) is 0 Å². The first-order valence-corrected chi connectivity index (χ1v) is 22.0. The Bertz CT molecular complexity index is 3610. The first kappa shape index (κ1) is 45.0. The summed E-state index contributed by atoms with van der Waals surface area (Å²) in [4.78, 5) is 131. The van der Waals surface area contributed by atoms with Crippen molar-refractivity contribution in [1.82, 2.24) is 9.80 Å². The first-order chi connectivity index (χ1) is 34.0. The lowest BCUT2D eigenvalue weighted by molar-refractivity contribution is 0.0677. The molecule has 8 amide bonds. The van der Waals surface area contributed by atoms with E-state index in [0.717, 1.165) is 30.7 Å². The van der Waals surface area contributed by atoms with Gasteiger partial charge in [-0.3, -0.25) is 57.7 Å². The summed E-state index contributed by atoms with van der Waals surface area (Å²) in [5.41, 5.74) is 5.14. The van der Waals surface area contributed by atoms with Crippen molar-refractivity contribution in [3.05, 3.63) is 223 Å². The molecule has 7 aromatic rings. The maximum absolute atomic E-state index is 13.3.